The zero-order valence-electron chi connectivity index (χ0n) is 8.62. The first kappa shape index (κ1) is 10.5. The molecule has 15 heavy (non-hydrogen) atoms. The Hall–Kier alpha value is -1.01. The summed E-state index contributed by atoms with van der Waals surface area (Å²) in [5, 5.41) is 10.1. The van der Waals surface area contributed by atoms with Crippen molar-refractivity contribution in [3.63, 3.8) is 0 Å². The van der Waals surface area contributed by atoms with Gasteiger partial charge in [-0.15, -0.1) is 5.10 Å². The Labute approximate surface area is 92.4 Å². The lowest BCUT2D eigenvalue weighted by Crippen LogP contribution is -2.36. The number of rotatable bonds is 3. The van der Waals surface area contributed by atoms with E-state index in [-0.39, 0.29) is 11.9 Å². The van der Waals surface area contributed by atoms with Crippen molar-refractivity contribution in [2.45, 2.75) is 25.8 Å². The van der Waals surface area contributed by atoms with Gasteiger partial charge in [-0.25, -0.2) is 0 Å². The molecule has 6 heteroatoms. The molecule has 0 aromatic carbocycles. The Bertz CT molecular complexity index is 346. The van der Waals surface area contributed by atoms with Crippen LogP contribution in [-0.2, 0) is 6.42 Å². The molecule has 2 N–H and O–H groups in total. The summed E-state index contributed by atoms with van der Waals surface area (Å²) in [6.07, 6.45) is 1.75. The number of nitrogens with one attached hydrogen (secondary N) is 2. The first-order chi connectivity index (χ1) is 7.31. The molecule has 1 aliphatic rings. The number of carbonyl (C=O) groups is 1. The maximum atomic E-state index is 11.8. The van der Waals surface area contributed by atoms with E-state index in [1.807, 2.05) is 6.92 Å². The second kappa shape index (κ2) is 4.67. The van der Waals surface area contributed by atoms with Gasteiger partial charge in [-0.1, -0.05) is 11.4 Å². The lowest BCUT2D eigenvalue weighted by molar-refractivity contribution is 0.0943. The number of amides is 1. The van der Waals surface area contributed by atoms with Gasteiger partial charge in [0.1, 0.15) is 4.88 Å². The van der Waals surface area contributed by atoms with Crippen molar-refractivity contribution in [1.82, 2.24) is 20.2 Å². The minimum absolute atomic E-state index is 0.0319. The number of nitrogens with zero attached hydrogens (tertiary/aromatic N) is 2. The maximum Gasteiger partial charge on any atom is 0.265 e. The molecule has 0 bridgehead atoms. The van der Waals surface area contributed by atoms with Crippen LogP contribution in [0.15, 0.2) is 0 Å². The molecule has 0 spiro atoms. The van der Waals surface area contributed by atoms with E-state index in [9.17, 15) is 4.79 Å². The van der Waals surface area contributed by atoms with Crippen LogP contribution in [0.2, 0.25) is 0 Å². The highest BCUT2D eigenvalue weighted by atomic mass is 32.1. The van der Waals surface area contributed by atoms with Crippen LogP contribution in [0.4, 0.5) is 0 Å². The van der Waals surface area contributed by atoms with Crippen molar-refractivity contribution in [1.29, 1.82) is 0 Å². The summed E-state index contributed by atoms with van der Waals surface area (Å²) < 4.78 is 3.80. The van der Waals surface area contributed by atoms with Crippen molar-refractivity contribution in [2.24, 2.45) is 0 Å². The number of hydrogen-bond acceptors (Lipinski definition) is 5. The molecule has 1 atom stereocenters. The van der Waals surface area contributed by atoms with Crippen LogP contribution in [0.1, 0.15) is 28.7 Å². The molecule has 1 aromatic heterocycles. The summed E-state index contributed by atoms with van der Waals surface area (Å²) in [5.41, 5.74) is 0.795. The monoisotopic (exact) mass is 226 g/mol. The summed E-state index contributed by atoms with van der Waals surface area (Å²) in [4.78, 5) is 12.5. The number of carbonyl (C=O) groups excluding carboxylic acids is 1. The van der Waals surface area contributed by atoms with Crippen molar-refractivity contribution in [2.75, 3.05) is 13.1 Å². The Morgan fingerprint density at radius 1 is 1.73 bits per heavy atom. The van der Waals surface area contributed by atoms with Gasteiger partial charge >= 0.3 is 0 Å². The Morgan fingerprint density at radius 3 is 3.27 bits per heavy atom. The standard InChI is InChI=1S/C9H14N4OS/c1-2-7-8(15-13-12-7)9(14)11-6-3-4-10-5-6/h6,10H,2-5H2,1H3,(H,11,14)/t6-/m1/s1. The number of hydrogen-bond donors (Lipinski definition) is 2. The minimum Gasteiger partial charge on any atom is -0.347 e. The third-order valence-corrected chi connectivity index (χ3v) is 3.26. The van der Waals surface area contributed by atoms with E-state index in [0.717, 1.165) is 31.6 Å². The summed E-state index contributed by atoms with van der Waals surface area (Å²) in [7, 11) is 0. The topological polar surface area (TPSA) is 66.9 Å². The smallest absolute Gasteiger partial charge is 0.265 e. The van der Waals surface area contributed by atoms with E-state index in [4.69, 9.17) is 0 Å². The van der Waals surface area contributed by atoms with Crippen molar-refractivity contribution < 1.29 is 4.79 Å². The van der Waals surface area contributed by atoms with E-state index in [1.165, 1.54) is 11.5 Å². The van der Waals surface area contributed by atoms with Gasteiger partial charge in [-0.05, 0) is 30.9 Å². The largest absolute Gasteiger partial charge is 0.347 e. The van der Waals surface area contributed by atoms with Crippen LogP contribution in [0.3, 0.4) is 0 Å². The van der Waals surface area contributed by atoms with Gasteiger partial charge in [-0.2, -0.15) is 0 Å². The maximum absolute atomic E-state index is 11.8. The molecule has 0 unspecified atom stereocenters. The summed E-state index contributed by atoms with van der Waals surface area (Å²) in [6.45, 7) is 3.82. The van der Waals surface area contributed by atoms with Gasteiger partial charge in [0, 0.05) is 12.6 Å². The normalized spacial score (nSPS) is 20.5. The van der Waals surface area contributed by atoms with Crippen LogP contribution in [0.25, 0.3) is 0 Å². The molecule has 0 radical (unpaired) electrons. The molecule has 1 aromatic rings. The van der Waals surface area contributed by atoms with E-state index >= 15 is 0 Å². The van der Waals surface area contributed by atoms with Crippen LogP contribution < -0.4 is 10.6 Å². The van der Waals surface area contributed by atoms with Gasteiger partial charge in [-0.3, -0.25) is 4.79 Å². The quantitative estimate of drug-likeness (QED) is 0.772. The van der Waals surface area contributed by atoms with Gasteiger partial charge in [0.05, 0.1) is 5.69 Å². The molecule has 2 heterocycles. The molecule has 5 nitrogen and oxygen atoms in total. The second-order valence-electron chi connectivity index (χ2n) is 3.57. The van der Waals surface area contributed by atoms with E-state index in [0.29, 0.717) is 4.88 Å². The third kappa shape index (κ3) is 2.32. The highest BCUT2D eigenvalue weighted by Crippen LogP contribution is 2.11. The molecule has 2 rings (SSSR count). The molecule has 1 saturated heterocycles. The first-order valence-corrected chi connectivity index (χ1v) is 5.91. The predicted molar refractivity (Wildman–Crippen MR) is 58.0 cm³/mol. The number of aryl methyl sites for hydroxylation is 1. The zero-order valence-corrected chi connectivity index (χ0v) is 9.43. The first-order valence-electron chi connectivity index (χ1n) is 5.14. The molecule has 1 amide bonds. The average molecular weight is 226 g/mol. The summed E-state index contributed by atoms with van der Waals surface area (Å²) in [6, 6.07) is 0.254. The van der Waals surface area contributed by atoms with Gasteiger partial charge in [0.15, 0.2) is 0 Å². The van der Waals surface area contributed by atoms with Crippen LogP contribution in [0, 0.1) is 0 Å². The Balaban J connectivity index is 2.00. The summed E-state index contributed by atoms with van der Waals surface area (Å²) >= 11 is 1.17. The van der Waals surface area contributed by atoms with E-state index < -0.39 is 0 Å². The van der Waals surface area contributed by atoms with Crippen molar-refractivity contribution in [3.8, 4) is 0 Å². The predicted octanol–water partition coefficient (Wildman–Crippen LogP) is 0.192. The Kier molecular flexibility index (Phi) is 3.27. The van der Waals surface area contributed by atoms with Crippen molar-refractivity contribution in [3.05, 3.63) is 10.6 Å². The fourth-order valence-electron chi connectivity index (χ4n) is 1.64. The molecule has 1 aliphatic heterocycles. The molecular weight excluding hydrogens is 212 g/mol. The van der Waals surface area contributed by atoms with Gasteiger partial charge in [0.25, 0.3) is 5.91 Å². The SMILES string of the molecule is CCc1nnsc1C(=O)N[C@@H]1CCNC1. The van der Waals surface area contributed by atoms with E-state index in [2.05, 4.69) is 20.2 Å². The second-order valence-corrected chi connectivity index (χ2v) is 4.32. The zero-order chi connectivity index (χ0) is 10.7. The fourth-order valence-corrected chi connectivity index (χ4v) is 2.29. The van der Waals surface area contributed by atoms with Gasteiger partial charge < -0.3 is 10.6 Å². The Morgan fingerprint density at radius 2 is 2.60 bits per heavy atom. The fraction of sp³-hybridized carbons (Fsp3) is 0.667. The van der Waals surface area contributed by atoms with Gasteiger partial charge in [0.2, 0.25) is 0 Å². The lowest BCUT2D eigenvalue weighted by Gasteiger charge is -2.09. The molecule has 0 aliphatic carbocycles. The lowest BCUT2D eigenvalue weighted by atomic mass is 10.2. The highest BCUT2D eigenvalue weighted by molar-refractivity contribution is 7.08. The third-order valence-electron chi connectivity index (χ3n) is 2.49. The highest BCUT2D eigenvalue weighted by Gasteiger charge is 2.20. The molecular formula is C9H14N4OS. The van der Waals surface area contributed by atoms with E-state index in [1.54, 1.807) is 0 Å². The molecule has 1 fully saturated rings. The molecule has 0 saturated carbocycles. The molecule has 82 valence electrons. The van der Waals surface area contributed by atoms with Crippen molar-refractivity contribution >= 4 is 17.4 Å². The van der Waals surface area contributed by atoms with Crippen LogP contribution in [0.5, 0.6) is 0 Å². The average Bonchev–Trinajstić information content (AvgIpc) is 2.86. The minimum atomic E-state index is -0.0319. The number of aromatic nitrogens is 2. The summed E-state index contributed by atoms with van der Waals surface area (Å²) in [5.74, 6) is -0.0319. The van der Waals surface area contributed by atoms with Crippen LogP contribution in [-0.4, -0.2) is 34.6 Å². The van der Waals surface area contributed by atoms with Crippen LogP contribution >= 0.6 is 11.5 Å².